The van der Waals surface area contributed by atoms with Crippen LogP contribution in [0.2, 0.25) is 0 Å². The molecular weight excluding hydrogens is 713 g/mol. The van der Waals surface area contributed by atoms with Crippen molar-refractivity contribution < 1.29 is 0 Å². The fraction of sp³-hybridized carbons (Fsp3) is 0.0526. The van der Waals surface area contributed by atoms with Gasteiger partial charge < -0.3 is 0 Å². The average molecular weight is 753 g/mol. The summed E-state index contributed by atoms with van der Waals surface area (Å²) in [5.41, 5.74) is 17.5. The number of hydrogen-bond donors (Lipinski definition) is 0. The summed E-state index contributed by atoms with van der Waals surface area (Å²) in [4.78, 5) is 10.5. The average Bonchev–Trinajstić information content (AvgIpc) is 3.54. The first-order chi connectivity index (χ1) is 29.0. The van der Waals surface area contributed by atoms with Crippen LogP contribution in [-0.4, -0.2) is 9.97 Å². The summed E-state index contributed by atoms with van der Waals surface area (Å²) in [7, 11) is 0. The van der Waals surface area contributed by atoms with Gasteiger partial charge in [0.15, 0.2) is 5.82 Å². The van der Waals surface area contributed by atoms with Gasteiger partial charge in [-0.3, -0.25) is 0 Å². The van der Waals surface area contributed by atoms with E-state index in [0.29, 0.717) is 5.82 Å². The molecule has 0 spiro atoms. The van der Waals surface area contributed by atoms with E-state index in [-0.39, 0.29) is 5.41 Å². The first-order valence-corrected chi connectivity index (χ1v) is 20.4. The van der Waals surface area contributed by atoms with Gasteiger partial charge in [-0.05, 0) is 95.4 Å². The van der Waals surface area contributed by atoms with Crippen LogP contribution in [0, 0.1) is 0 Å². The van der Waals surface area contributed by atoms with Gasteiger partial charge in [0.25, 0.3) is 0 Å². The summed E-state index contributed by atoms with van der Waals surface area (Å²) in [6.45, 7) is 4.72. The van der Waals surface area contributed by atoms with E-state index in [1.807, 2.05) is 18.2 Å². The highest BCUT2D eigenvalue weighted by Gasteiger charge is 2.37. The molecule has 1 aliphatic carbocycles. The lowest BCUT2D eigenvalue weighted by atomic mass is 9.78. The zero-order valence-electron chi connectivity index (χ0n) is 33.0. The number of fused-ring (bicyclic) bond motifs is 5. The Bertz CT molecular complexity index is 3240. The third-order valence-electron chi connectivity index (χ3n) is 12.3. The normalized spacial score (nSPS) is 12.7. The molecule has 0 fully saturated rings. The maximum Gasteiger partial charge on any atom is 0.160 e. The molecule has 2 heteroatoms. The van der Waals surface area contributed by atoms with Crippen molar-refractivity contribution in [1.82, 2.24) is 9.97 Å². The van der Waals surface area contributed by atoms with E-state index in [4.69, 9.17) is 9.97 Å². The number of aromatic nitrogens is 2. The molecule has 0 unspecified atom stereocenters. The van der Waals surface area contributed by atoms with Crippen LogP contribution in [-0.2, 0) is 5.41 Å². The number of nitrogens with zero attached hydrogens (tertiary/aromatic N) is 2. The third-order valence-corrected chi connectivity index (χ3v) is 12.3. The second-order valence-electron chi connectivity index (χ2n) is 16.1. The maximum absolute atomic E-state index is 5.28. The Kier molecular flexibility index (Phi) is 8.20. The molecule has 1 heterocycles. The maximum atomic E-state index is 5.28. The minimum absolute atomic E-state index is 0.0981. The van der Waals surface area contributed by atoms with E-state index in [2.05, 4.69) is 202 Å². The summed E-state index contributed by atoms with van der Waals surface area (Å²) >= 11 is 0. The van der Waals surface area contributed by atoms with Crippen molar-refractivity contribution in [3.05, 3.63) is 217 Å². The van der Waals surface area contributed by atoms with Crippen molar-refractivity contribution in [2.75, 3.05) is 0 Å². The number of rotatable bonds is 6. The van der Waals surface area contributed by atoms with E-state index in [9.17, 15) is 0 Å². The predicted octanol–water partition coefficient (Wildman–Crippen LogP) is 15.1. The van der Waals surface area contributed by atoms with E-state index >= 15 is 0 Å². The fourth-order valence-electron chi connectivity index (χ4n) is 9.49. The zero-order valence-corrected chi connectivity index (χ0v) is 33.0. The summed E-state index contributed by atoms with van der Waals surface area (Å²) < 4.78 is 0. The van der Waals surface area contributed by atoms with Crippen molar-refractivity contribution >= 4 is 21.5 Å². The molecule has 0 N–H and O–H groups in total. The van der Waals surface area contributed by atoms with E-state index in [0.717, 1.165) is 39.0 Å². The topological polar surface area (TPSA) is 25.8 Å². The molecule has 0 atom stereocenters. The van der Waals surface area contributed by atoms with Crippen molar-refractivity contribution in [2.45, 2.75) is 19.3 Å². The molecular formula is C57H40N2. The Hall–Kier alpha value is -7.42. The highest BCUT2D eigenvalue weighted by molar-refractivity contribution is 6.05. The molecule has 9 aromatic carbocycles. The summed E-state index contributed by atoms with van der Waals surface area (Å²) in [6.07, 6.45) is 0. The Morgan fingerprint density at radius 2 is 0.814 bits per heavy atom. The standard InChI is InChI=1S/C57H40N2/c1-57(2)52-31-11-10-27-49(52)51-30-15-29-46(55(51)57)41-22-12-20-39(34-41)45-32-33-50(48-26-9-8-25-47(45)48)54-36-53(58-56(59-54)38-17-4-3-5-18-38)42-23-13-21-40(35-42)44-28-14-19-37-16-6-7-24-43(37)44/h3-36H,1-2H3. The fourth-order valence-corrected chi connectivity index (χ4v) is 9.49. The lowest BCUT2D eigenvalue weighted by molar-refractivity contribution is 0.662. The van der Waals surface area contributed by atoms with Crippen LogP contribution >= 0.6 is 0 Å². The molecule has 1 aliphatic rings. The van der Waals surface area contributed by atoms with Gasteiger partial charge in [-0.15, -0.1) is 0 Å². The molecule has 0 aliphatic heterocycles. The van der Waals surface area contributed by atoms with Gasteiger partial charge in [0.1, 0.15) is 0 Å². The Morgan fingerprint density at radius 3 is 1.63 bits per heavy atom. The highest BCUT2D eigenvalue weighted by atomic mass is 14.9. The van der Waals surface area contributed by atoms with Crippen LogP contribution < -0.4 is 0 Å². The molecule has 0 saturated carbocycles. The lowest BCUT2D eigenvalue weighted by Crippen LogP contribution is -2.16. The van der Waals surface area contributed by atoms with Gasteiger partial charge in [0.2, 0.25) is 0 Å². The van der Waals surface area contributed by atoms with Gasteiger partial charge in [0, 0.05) is 22.1 Å². The van der Waals surface area contributed by atoms with Crippen molar-refractivity contribution in [3.63, 3.8) is 0 Å². The minimum atomic E-state index is -0.0981. The van der Waals surface area contributed by atoms with Gasteiger partial charge in [-0.25, -0.2) is 9.97 Å². The van der Waals surface area contributed by atoms with Crippen LogP contribution in [0.3, 0.4) is 0 Å². The first-order valence-electron chi connectivity index (χ1n) is 20.4. The van der Waals surface area contributed by atoms with Crippen LogP contribution in [0.25, 0.3) is 100.0 Å². The Morgan fingerprint density at radius 1 is 0.322 bits per heavy atom. The quantitative estimate of drug-likeness (QED) is 0.169. The van der Waals surface area contributed by atoms with Gasteiger partial charge in [-0.1, -0.05) is 202 Å². The number of hydrogen-bond acceptors (Lipinski definition) is 2. The second kappa shape index (κ2) is 13.9. The smallest absolute Gasteiger partial charge is 0.160 e. The van der Waals surface area contributed by atoms with Crippen LogP contribution in [0.1, 0.15) is 25.0 Å². The zero-order chi connectivity index (χ0) is 39.5. The van der Waals surface area contributed by atoms with Crippen molar-refractivity contribution in [2.24, 2.45) is 0 Å². The molecule has 10 aromatic rings. The molecule has 0 amide bonds. The minimum Gasteiger partial charge on any atom is -0.228 e. The van der Waals surface area contributed by atoms with Crippen molar-refractivity contribution in [1.29, 1.82) is 0 Å². The molecule has 0 saturated heterocycles. The molecule has 1 aromatic heterocycles. The Labute approximate surface area is 345 Å². The predicted molar refractivity (Wildman–Crippen MR) is 247 cm³/mol. The first kappa shape index (κ1) is 34.8. The van der Waals surface area contributed by atoms with Crippen LogP contribution in [0.5, 0.6) is 0 Å². The summed E-state index contributed by atoms with van der Waals surface area (Å²) in [5, 5.41) is 4.81. The van der Waals surface area contributed by atoms with Gasteiger partial charge >= 0.3 is 0 Å². The summed E-state index contributed by atoms with van der Waals surface area (Å²) in [6, 6.07) is 74.3. The molecule has 11 rings (SSSR count). The van der Waals surface area contributed by atoms with E-state index < -0.39 is 0 Å². The second-order valence-corrected chi connectivity index (χ2v) is 16.1. The van der Waals surface area contributed by atoms with E-state index in [1.165, 1.54) is 66.2 Å². The third kappa shape index (κ3) is 5.87. The molecule has 278 valence electrons. The van der Waals surface area contributed by atoms with Crippen LogP contribution in [0.15, 0.2) is 206 Å². The van der Waals surface area contributed by atoms with E-state index in [1.54, 1.807) is 0 Å². The van der Waals surface area contributed by atoms with Gasteiger partial charge in [0.05, 0.1) is 11.4 Å². The van der Waals surface area contributed by atoms with Crippen molar-refractivity contribution in [3.8, 4) is 78.4 Å². The largest absolute Gasteiger partial charge is 0.228 e. The lowest BCUT2D eigenvalue weighted by Gasteiger charge is -2.24. The molecule has 2 nitrogen and oxygen atoms in total. The molecule has 59 heavy (non-hydrogen) atoms. The Balaban J connectivity index is 1.04. The summed E-state index contributed by atoms with van der Waals surface area (Å²) in [5.74, 6) is 0.704. The highest BCUT2D eigenvalue weighted by Crippen LogP contribution is 2.52. The monoisotopic (exact) mass is 752 g/mol. The molecule has 0 radical (unpaired) electrons. The SMILES string of the molecule is CC1(C)c2ccccc2-c2cccc(-c3cccc(-c4ccc(-c5cc(-c6cccc(-c7cccc8ccccc78)c6)nc(-c6ccccc6)n5)c5ccccc45)c3)c21. The molecule has 0 bridgehead atoms. The van der Waals surface area contributed by atoms with Gasteiger partial charge in [-0.2, -0.15) is 0 Å². The van der Waals surface area contributed by atoms with Crippen LogP contribution in [0.4, 0.5) is 0 Å². The number of benzene rings is 9.